The zero-order valence-electron chi connectivity index (χ0n) is 54.6. The molecule has 0 spiro atoms. The molecular formula is C70H86F4N10O10. The smallest absolute Gasteiger partial charge is 0.290 e. The molecule has 2 aliphatic heterocycles. The van der Waals surface area contributed by atoms with Gasteiger partial charge in [-0.05, 0) is 110 Å². The molecule has 6 N–H and O–H groups in total. The summed E-state index contributed by atoms with van der Waals surface area (Å²) in [6.07, 6.45) is 0.0183. The van der Waals surface area contributed by atoms with Gasteiger partial charge in [0.1, 0.15) is 36.3 Å². The Bertz CT molecular complexity index is 3610. The Morgan fingerprint density at radius 3 is 1.30 bits per heavy atom. The van der Waals surface area contributed by atoms with Crippen molar-refractivity contribution in [2.24, 2.45) is 34.5 Å². The van der Waals surface area contributed by atoms with Gasteiger partial charge in [-0.1, -0.05) is 128 Å². The molecule has 504 valence electrons. The van der Waals surface area contributed by atoms with Crippen LogP contribution in [0.2, 0.25) is 0 Å². The Morgan fingerprint density at radius 2 is 0.904 bits per heavy atom. The van der Waals surface area contributed by atoms with Crippen LogP contribution in [0, 0.1) is 34.5 Å². The number of aromatic nitrogens is 2. The number of para-hydroxylation sites is 2. The van der Waals surface area contributed by atoms with Crippen LogP contribution in [0.3, 0.4) is 0 Å². The van der Waals surface area contributed by atoms with Crippen molar-refractivity contribution in [1.82, 2.24) is 51.7 Å². The van der Waals surface area contributed by atoms with Crippen molar-refractivity contribution >= 4 is 80.6 Å². The van der Waals surface area contributed by atoms with Crippen molar-refractivity contribution in [2.45, 2.75) is 181 Å². The molecule has 94 heavy (non-hydrogen) atoms. The van der Waals surface area contributed by atoms with Crippen molar-refractivity contribution in [3.8, 4) is 0 Å². The number of hydrogen-bond acceptors (Lipinski definition) is 12. The number of ketones is 2. The molecule has 4 heterocycles. The van der Waals surface area contributed by atoms with Crippen molar-refractivity contribution in [1.29, 1.82) is 0 Å². The number of hydrogen-bond donors (Lipinski definition) is 6. The maximum atomic E-state index is 14.4. The largest absolute Gasteiger partial charge is 0.347 e. The van der Waals surface area contributed by atoms with Gasteiger partial charge in [0.15, 0.2) is 0 Å². The lowest BCUT2D eigenvalue weighted by atomic mass is 9.85. The summed E-state index contributed by atoms with van der Waals surface area (Å²) in [4.78, 5) is 147. The van der Waals surface area contributed by atoms with E-state index in [9.17, 15) is 65.5 Å². The number of carbonyl (C=O) groups excluding carboxylic acids is 10. The molecule has 4 aliphatic rings. The Kier molecular flexibility index (Phi) is 23.1. The summed E-state index contributed by atoms with van der Waals surface area (Å²) in [7, 11) is 0. The summed E-state index contributed by atoms with van der Waals surface area (Å²) in [5.74, 6) is -8.47. The summed E-state index contributed by atoms with van der Waals surface area (Å²) < 4.78 is 54.5. The number of fused-ring (bicyclic) bond motifs is 4. The highest BCUT2D eigenvalue weighted by atomic mass is 19.3. The average molecular weight is 1300 g/mol. The number of pyridine rings is 2. The van der Waals surface area contributed by atoms with E-state index in [1.165, 1.54) is 22.2 Å². The highest BCUT2D eigenvalue weighted by Crippen LogP contribution is 2.45. The standard InChI is InChI=1S/C37H43F2N5O5.C33H43F2N5O5/c1-21(22-11-6-5-7-12-22)41-35(48)31(45)28(19-29(38)39)42-34(47)30-24-15-10-13-23(24)20-44(30)36(49)32(37(2,3)4)43-33(46)26-17-18-40-27-16-9-8-14-25(26)27;1-6-18(2)37-31(44)27(41)24(16-25(34)35)38-30(43)26-20-12-9-10-19(20)17-40(26)32(45)28(33(3,4)5)39-29(42)22-14-15-36-23-13-8-7-11-21(22)23/h5-9,11-12,14,16-18,21,23-24,28-30,32H,10,13,15,19-20H2,1-4H3,(H,41,48)(H,42,47)(H,43,46);7-8,11,13-15,18-20,24-26,28H,6,9-10,12,16-17H2,1-5H3,(H,37,44)(H,38,43)(H,39,42)/t21-,23+,24+,28?,30+,32+;18-,19+,20+,24?,26-,28+/m10/s1. The first-order valence-corrected chi connectivity index (χ1v) is 32.3. The number of amides is 8. The first-order chi connectivity index (χ1) is 44.5. The van der Waals surface area contributed by atoms with Crippen LogP contribution in [0.25, 0.3) is 21.8 Å². The fourth-order valence-electron chi connectivity index (χ4n) is 13.5. The highest BCUT2D eigenvalue weighted by Gasteiger charge is 2.54. The zero-order valence-corrected chi connectivity index (χ0v) is 54.6. The van der Waals surface area contributed by atoms with Gasteiger partial charge < -0.3 is 41.7 Å². The molecule has 8 amide bonds. The number of nitrogens with zero attached hydrogens (tertiary/aromatic N) is 4. The molecule has 0 bridgehead atoms. The number of benzene rings is 3. The van der Waals surface area contributed by atoms with E-state index in [4.69, 9.17) is 0 Å². The molecule has 24 heteroatoms. The van der Waals surface area contributed by atoms with Gasteiger partial charge >= 0.3 is 0 Å². The lowest BCUT2D eigenvalue weighted by Gasteiger charge is -2.36. The third kappa shape index (κ3) is 16.8. The van der Waals surface area contributed by atoms with E-state index < -0.39 is 138 Å². The van der Waals surface area contributed by atoms with E-state index in [1.54, 1.807) is 141 Å². The Labute approximate surface area is 544 Å². The molecule has 5 aromatic rings. The normalized spacial score (nSPS) is 21.1. The molecule has 2 unspecified atom stereocenters. The van der Waals surface area contributed by atoms with Crippen LogP contribution in [0.5, 0.6) is 0 Å². The summed E-state index contributed by atoms with van der Waals surface area (Å²) >= 11 is 0. The van der Waals surface area contributed by atoms with Crippen LogP contribution in [0.1, 0.15) is 152 Å². The third-order valence-electron chi connectivity index (χ3n) is 18.6. The van der Waals surface area contributed by atoms with Crippen LogP contribution < -0.4 is 31.9 Å². The number of alkyl halides is 4. The maximum absolute atomic E-state index is 14.4. The van der Waals surface area contributed by atoms with Gasteiger partial charge in [0.2, 0.25) is 48.0 Å². The van der Waals surface area contributed by atoms with Crippen molar-refractivity contribution < 1.29 is 65.5 Å². The molecule has 20 nitrogen and oxygen atoms in total. The van der Waals surface area contributed by atoms with E-state index in [1.807, 2.05) is 12.1 Å². The van der Waals surface area contributed by atoms with E-state index in [0.29, 0.717) is 57.8 Å². The maximum Gasteiger partial charge on any atom is 0.290 e. The van der Waals surface area contributed by atoms with E-state index >= 15 is 0 Å². The van der Waals surface area contributed by atoms with Gasteiger partial charge in [0, 0.05) is 55.1 Å². The number of nitrogens with one attached hydrogen (secondary N) is 6. The molecule has 2 aliphatic carbocycles. The highest BCUT2D eigenvalue weighted by molar-refractivity contribution is 6.39. The van der Waals surface area contributed by atoms with E-state index in [0.717, 1.165) is 25.7 Å². The molecule has 12 atom stereocenters. The van der Waals surface area contributed by atoms with Gasteiger partial charge in [-0.3, -0.25) is 57.9 Å². The minimum absolute atomic E-state index is 0.00288. The predicted molar refractivity (Wildman–Crippen MR) is 344 cm³/mol. The van der Waals surface area contributed by atoms with Crippen molar-refractivity contribution in [2.75, 3.05) is 13.1 Å². The monoisotopic (exact) mass is 1300 g/mol. The number of rotatable bonds is 22. The molecule has 2 saturated carbocycles. The zero-order chi connectivity index (χ0) is 68.5. The Morgan fingerprint density at radius 1 is 0.511 bits per heavy atom. The summed E-state index contributed by atoms with van der Waals surface area (Å²) in [6.45, 7) is 16.5. The quantitative estimate of drug-likeness (QED) is 0.0283. The fraction of sp³-hybridized carbons (Fsp3) is 0.514. The van der Waals surface area contributed by atoms with Crippen LogP contribution in [-0.4, -0.2) is 147 Å². The Balaban J connectivity index is 0.000000242. The number of halogens is 4. The fourth-order valence-corrected chi connectivity index (χ4v) is 13.5. The van der Waals surface area contributed by atoms with Crippen LogP contribution in [-0.2, 0) is 38.4 Å². The van der Waals surface area contributed by atoms with Gasteiger partial charge in [0.05, 0.1) is 28.2 Å². The number of Topliss-reactive ketones (excluding diaryl/α,β-unsaturated/α-hetero) is 2. The summed E-state index contributed by atoms with van der Waals surface area (Å²) in [5, 5.41) is 16.9. The molecule has 2 aromatic heterocycles. The van der Waals surface area contributed by atoms with Crippen LogP contribution in [0.15, 0.2) is 103 Å². The molecular weight excluding hydrogens is 1220 g/mol. The Hall–Kier alpha value is -8.70. The topological polar surface area (TPSA) is 275 Å². The second kappa shape index (κ2) is 30.6. The number of carbonyl (C=O) groups is 10. The minimum Gasteiger partial charge on any atom is -0.347 e. The predicted octanol–water partition coefficient (Wildman–Crippen LogP) is 8.22. The van der Waals surface area contributed by atoms with E-state index in [-0.39, 0.29) is 42.8 Å². The van der Waals surface area contributed by atoms with Gasteiger partial charge in [-0.15, -0.1) is 0 Å². The molecule has 0 radical (unpaired) electrons. The number of likely N-dealkylation sites (tertiary alicyclic amines) is 2. The first-order valence-electron chi connectivity index (χ1n) is 32.3. The van der Waals surface area contributed by atoms with Gasteiger partial charge in [-0.2, -0.15) is 0 Å². The van der Waals surface area contributed by atoms with Crippen LogP contribution >= 0.6 is 0 Å². The molecule has 4 fully saturated rings. The minimum atomic E-state index is -2.99. The molecule has 3 aromatic carbocycles. The lowest BCUT2D eigenvalue weighted by molar-refractivity contribution is -0.145. The first kappa shape index (κ1) is 71.2. The summed E-state index contributed by atoms with van der Waals surface area (Å²) in [6, 6.07) is 17.6. The molecule has 9 rings (SSSR count). The van der Waals surface area contributed by atoms with E-state index in [2.05, 4.69) is 41.9 Å². The third-order valence-corrected chi connectivity index (χ3v) is 18.6. The SMILES string of the molecule is CC[C@H](C)NC(=O)C(=O)C(CC(F)F)NC(=O)[C@@H]1[C@@H]2CCC[C@@H]2CN1C(=O)[C@@H](NC(=O)c1ccnc2ccccc12)C(C)(C)C.C[C@@H](NC(=O)C(=O)C(CC(F)F)NC(=O)[C@@H]1[C@H]2CCC[C@H]2CN1C(=O)[C@H](NC(=O)c1ccnc2ccccc12)C(C)(C)C)c1ccccc1. The van der Waals surface area contributed by atoms with Crippen molar-refractivity contribution in [3.05, 3.63) is 120 Å². The lowest BCUT2D eigenvalue weighted by Crippen LogP contribution is -2.60. The molecule has 2 saturated heterocycles. The summed E-state index contributed by atoms with van der Waals surface area (Å²) in [5.41, 5.74) is 1.09. The second-order valence-corrected chi connectivity index (χ2v) is 27.4. The van der Waals surface area contributed by atoms with Gasteiger partial charge in [-0.25, -0.2) is 17.6 Å². The van der Waals surface area contributed by atoms with Crippen molar-refractivity contribution in [3.63, 3.8) is 0 Å². The average Bonchev–Trinajstić information content (AvgIpc) is 1.58. The van der Waals surface area contributed by atoms with Crippen LogP contribution in [0.4, 0.5) is 17.6 Å². The van der Waals surface area contributed by atoms with Gasteiger partial charge in [0.25, 0.3) is 23.6 Å². The second-order valence-electron chi connectivity index (χ2n) is 27.4.